The molecule has 0 aliphatic rings. The van der Waals surface area contributed by atoms with E-state index >= 15 is 0 Å². The van der Waals surface area contributed by atoms with E-state index in [0.717, 1.165) is 16.5 Å². The standard InChI is InChI=1S/C14H14N4S/c1-3-9-18-13(12-7-5-4-6-8-12)16-17-14(18)19-11(2)10-15/h3-8,11H,1,9H2,2H3. The number of hydrogen-bond donors (Lipinski definition) is 0. The Morgan fingerprint density at radius 1 is 1.42 bits per heavy atom. The van der Waals surface area contributed by atoms with Crippen LogP contribution in [0.25, 0.3) is 11.4 Å². The van der Waals surface area contributed by atoms with Gasteiger partial charge in [0.25, 0.3) is 0 Å². The molecule has 4 nitrogen and oxygen atoms in total. The lowest BCUT2D eigenvalue weighted by molar-refractivity contribution is 0.730. The smallest absolute Gasteiger partial charge is 0.193 e. The summed E-state index contributed by atoms with van der Waals surface area (Å²) in [5.41, 5.74) is 1.01. The lowest BCUT2D eigenvalue weighted by Gasteiger charge is -2.08. The number of nitrogens with zero attached hydrogens (tertiary/aromatic N) is 4. The Hall–Kier alpha value is -2.06. The van der Waals surface area contributed by atoms with Crippen LogP contribution in [-0.4, -0.2) is 20.0 Å². The van der Waals surface area contributed by atoms with E-state index < -0.39 is 0 Å². The molecule has 0 radical (unpaired) electrons. The number of nitriles is 1. The highest BCUT2D eigenvalue weighted by Gasteiger charge is 2.15. The van der Waals surface area contributed by atoms with Crippen LogP contribution >= 0.6 is 11.8 Å². The largest absolute Gasteiger partial charge is 0.298 e. The fourth-order valence-electron chi connectivity index (χ4n) is 1.65. The lowest BCUT2D eigenvalue weighted by atomic mass is 10.2. The van der Waals surface area contributed by atoms with Gasteiger partial charge >= 0.3 is 0 Å². The van der Waals surface area contributed by atoms with Crippen molar-refractivity contribution >= 4 is 11.8 Å². The Balaban J connectivity index is 2.40. The average molecular weight is 270 g/mol. The maximum atomic E-state index is 8.89. The fraction of sp³-hybridized carbons (Fsp3) is 0.214. The van der Waals surface area contributed by atoms with Crippen molar-refractivity contribution in [2.24, 2.45) is 0 Å². The van der Waals surface area contributed by atoms with Gasteiger partial charge in [-0.05, 0) is 6.92 Å². The summed E-state index contributed by atoms with van der Waals surface area (Å²) < 4.78 is 1.97. The van der Waals surface area contributed by atoms with Crippen molar-refractivity contribution in [3.63, 3.8) is 0 Å². The molecule has 1 heterocycles. The fourth-order valence-corrected chi connectivity index (χ4v) is 2.40. The first kappa shape index (κ1) is 13.4. The van der Waals surface area contributed by atoms with Crippen LogP contribution in [0.3, 0.4) is 0 Å². The van der Waals surface area contributed by atoms with Crippen LogP contribution in [-0.2, 0) is 6.54 Å². The number of rotatable bonds is 5. The molecule has 5 heteroatoms. The van der Waals surface area contributed by atoms with Crippen molar-refractivity contribution in [1.29, 1.82) is 5.26 Å². The molecule has 0 spiro atoms. The van der Waals surface area contributed by atoms with E-state index in [4.69, 9.17) is 5.26 Å². The number of thioether (sulfide) groups is 1. The Kier molecular flexibility index (Phi) is 4.37. The first-order valence-corrected chi connectivity index (χ1v) is 6.80. The van der Waals surface area contributed by atoms with Crippen LogP contribution in [0.2, 0.25) is 0 Å². The highest BCUT2D eigenvalue weighted by molar-refractivity contribution is 8.00. The van der Waals surface area contributed by atoms with Gasteiger partial charge in [-0.25, -0.2) is 0 Å². The summed E-state index contributed by atoms with van der Waals surface area (Å²) in [5, 5.41) is 17.9. The van der Waals surface area contributed by atoms with Gasteiger partial charge in [-0.1, -0.05) is 48.2 Å². The van der Waals surface area contributed by atoms with Crippen molar-refractivity contribution in [1.82, 2.24) is 14.8 Å². The second-order valence-corrected chi connectivity index (χ2v) is 5.27. The molecule has 2 aromatic rings. The zero-order valence-corrected chi connectivity index (χ0v) is 11.5. The van der Waals surface area contributed by atoms with Gasteiger partial charge in [0.15, 0.2) is 11.0 Å². The number of hydrogen-bond acceptors (Lipinski definition) is 4. The molecular formula is C14H14N4S. The molecule has 1 unspecified atom stereocenters. The van der Waals surface area contributed by atoms with E-state index in [-0.39, 0.29) is 5.25 Å². The molecule has 0 aliphatic carbocycles. The summed E-state index contributed by atoms with van der Waals surface area (Å²) in [6.07, 6.45) is 1.80. The predicted molar refractivity (Wildman–Crippen MR) is 76.6 cm³/mol. The van der Waals surface area contributed by atoms with E-state index in [1.807, 2.05) is 41.8 Å². The Morgan fingerprint density at radius 2 is 2.16 bits per heavy atom. The molecule has 1 aromatic heterocycles. The summed E-state index contributed by atoms with van der Waals surface area (Å²) in [5.74, 6) is 0.799. The van der Waals surface area contributed by atoms with Crippen LogP contribution in [0.4, 0.5) is 0 Å². The van der Waals surface area contributed by atoms with Gasteiger partial charge in [0.2, 0.25) is 0 Å². The Bertz CT molecular complexity index is 598. The van der Waals surface area contributed by atoms with Crippen molar-refractivity contribution in [3.05, 3.63) is 43.0 Å². The maximum absolute atomic E-state index is 8.89. The van der Waals surface area contributed by atoms with Crippen molar-refractivity contribution in [3.8, 4) is 17.5 Å². The molecule has 0 bridgehead atoms. The topological polar surface area (TPSA) is 54.5 Å². The molecule has 1 aromatic carbocycles. The van der Waals surface area contributed by atoms with E-state index in [1.165, 1.54) is 11.8 Å². The molecule has 96 valence electrons. The van der Waals surface area contributed by atoms with Crippen LogP contribution in [0.1, 0.15) is 6.92 Å². The van der Waals surface area contributed by atoms with Gasteiger partial charge in [0.05, 0.1) is 11.3 Å². The predicted octanol–water partition coefficient (Wildman–Crippen LogP) is 3.14. The molecule has 19 heavy (non-hydrogen) atoms. The van der Waals surface area contributed by atoms with E-state index in [9.17, 15) is 0 Å². The monoisotopic (exact) mass is 270 g/mol. The van der Waals surface area contributed by atoms with Crippen molar-refractivity contribution < 1.29 is 0 Å². The normalized spacial score (nSPS) is 11.8. The Labute approximate surface area is 116 Å². The van der Waals surface area contributed by atoms with Gasteiger partial charge in [-0.2, -0.15) is 5.26 Å². The zero-order valence-electron chi connectivity index (χ0n) is 10.7. The Morgan fingerprint density at radius 3 is 2.79 bits per heavy atom. The highest BCUT2D eigenvalue weighted by Crippen LogP contribution is 2.26. The van der Waals surface area contributed by atoms with E-state index in [2.05, 4.69) is 22.8 Å². The molecule has 0 saturated heterocycles. The first-order chi connectivity index (χ1) is 9.26. The maximum Gasteiger partial charge on any atom is 0.193 e. The molecule has 0 saturated carbocycles. The third-order valence-corrected chi connectivity index (χ3v) is 3.50. The molecule has 1 atom stereocenters. The van der Waals surface area contributed by atoms with Crippen LogP contribution in [0, 0.1) is 11.3 Å². The van der Waals surface area contributed by atoms with E-state index in [0.29, 0.717) is 6.54 Å². The SMILES string of the molecule is C=CCn1c(SC(C)C#N)nnc1-c1ccccc1. The summed E-state index contributed by atoms with van der Waals surface area (Å²) >= 11 is 1.41. The average Bonchev–Trinajstić information content (AvgIpc) is 2.83. The van der Waals surface area contributed by atoms with Gasteiger partial charge < -0.3 is 0 Å². The lowest BCUT2D eigenvalue weighted by Crippen LogP contribution is -2.02. The van der Waals surface area contributed by atoms with E-state index in [1.54, 1.807) is 6.08 Å². The quantitative estimate of drug-likeness (QED) is 0.618. The molecule has 0 fully saturated rings. The molecule has 0 aliphatic heterocycles. The second-order valence-electron chi connectivity index (χ2n) is 3.96. The second kappa shape index (κ2) is 6.21. The highest BCUT2D eigenvalue weighted by atomic mass is 32.2. The molecule has 2 rings (SSSR count). The number of aromatic nitrogens is 3. The number of benzene rings is 1. The summed E-state index contributed by atoms with van der Waals surface area (Å²) in [6.45, 7) is 6.23. The summed E-state index contributed by atoms with van der Waals surface area (Å²) in [4.78, 5) is 0. The van der Waals surface area contributed by atoms with Crippen LogP contribution < -0.4 is 0 Å². The summed E-state index contributed by atoms with van der Waals surface area (Å²) in [6, 6.07) is 12.1. The summed E-state index contributed by atoms with van der Waals surface area (Å²) in [7, 11) is 0. The minimum Gasteiger partial charge on any atom is -0.298 e. The van der Waals surface area contributed by atoms with Gasteiger partial charge in [-0.3, -0.25) is 4.57 Å². The molecular weight excluding hydrogens is 256 g/mol. The van der Waals surface area contributed by atoms with Gasteiger partial charge in [0, 0.05) is 12.1 Å². The molecule has 0 N–H and O–H groups in total. The van der Waals surface area contributed by atoms with Crippen LogP contribution in [0.15, 0.2) is 48.1 Å². The first-order valence-electron chi connectivity index (χ1n) is 5.92. The molecule has 0 amide bonds. The number of allylic oxidation sites excluding steroid dienone is 1. The minimum absolute atomic E-state index is 0.156. The van der Waals surface area contributed by atoms with Crippen molar-refractivity contribution in [2.45, 2.75) is 23.9 Å². The third-order valence-electron chi connectivity index (χ3n) is 2.52. The minimum atomic E-state index is -0.156. The third kappa shape index (κ3) is 3.04. The zero-order chi connectivity index (χ0) is 13.7. The van der Waals surface area contributed by atoms with Gasteiger partial charge in [0.1, 0.15) is 0 Å². The van der Waals surface area contributed by atoms with Gasteiger partial charge in [-0.15, -0.1) is 16.8 Å². The van der Waals surface area contributed by atoms with Crippen molar-refractivity contribution in [2.75, 3.05) is 0 Å². The van der Waals surface area contributed by atoms with Crippen LogP contribution in [0.5, 0.6) is 0 Å².